The quantitative estimate of drug-likeness (QED) is 0.328. The second kappa shape index (κ2) is 9.58. The lowest BCUT2D eigenvalue weighted by atomic mass is 9.96. The van der Waals surface area contributed by atoms with E-state index in [-0.39, 0.29) is 17.2 Å². The molecule has 0 aliphatic carbocycles. The number of aliphatic hydroxyl groups excluding tert-OH is 1. The Balaban J connectivity index is 1.85. The summed E-state index contributed by atoms with van der Waals surface area (Å²) in [5.74, 6) is -1.57. The van der Waals surface area contributed by atoms with E-state index in [1.54, 1.807) is 73.1 Å². The van der Waals surface area contributed by atoms with Crippen LogP contribution in [0.15, 0.2) is 78.6 Å². The minimum atomic E-state index is -0.893. The van der Waals surface area contributed by atoms with Gasteiger partial charge in [0, 0.05) is 36.3 Å². The molecule has 0 bridgehead atoms. The predicted octanol–water partition coefficient (Wildman–Crippen LogP) is 4.07. The van der Waals surface area contributed by atoms with Gasteiger partial charge in [0.2, 0.25) is 5.91 Å². The zero-order valence-corrected chi connectivity index (χ0v) is 18.7. The highest BCUT2D eigenvalue weighted by Gasteiger charge is 2.47. The lowest BCUT2D eigenvalue weighted by Gasteiger charge is -2.25. The van der Waals surface area contributed by atoms with Crippen molar-refractivity contribution in [3.8, 4) is 5.75 Å². The first-order valence-electron chi connectivity index (χ1n) is 10.7. The number of amides is 2. The van der Waals surface area contributed by atoms with Crippen LogP contribution in [0.4, 0.5) is 11.4 Å². The van der Waals surface area contributed by atoms with Gasteiger partial charge in [0.1, 0.15) is 11.5 Å². The van der Waals surface area contributed by atoms with E-state index >= 15 is 0 Å². The van der Waals surface area contributed by atoms with E-state index in [4.69, 9.17) is 4.74 Å². The fourth-order valence-corrected chi connectivity index (χ4v) is 3.92. The first-order valence-corrected chi connectivity index (χ1v) is 10.7. The van der Waals surface area contributed by atoms with Crippen LogP contribution in [0.5, 0.6) is 5.75 Å². The van der Waals surface area contributed by atoms with Gasteiger partial charge in [-0.25, -0.2) is 0 Å². The summed E-state index contributed by atoms with van der Waals surface area (Å²) in [7, 11) is 0. The molecule has 172 valence electrons. The SMILES string of the molecule is CCOc1cccc(/C(O)=C2/C(=O)C(=O)N(c3ccc(NC(C)=O)cc3)C2c2cccnc2)c1. The van der Waals surface area contributed by atoms with Crippen molar-refractivity contribution in [2.24, 2.45) is 0 Å². The molecule has 1 unspecified atom stereocenters. The number of carbonyl (C=O) groups is 3. The number of rotatable bonds is 6. The van der Waals surface area contributed by atoms with Gasteiger partial charge >= 0.3 is 0 Å². The summed E-state index contributed by atoms with van der Waals surface area (Å²) in [5.41, 5.74) is 1.87. The highest BCUT2D eigenvalue weighted by atomic mass is 16.5. The second-order valence-electron chi connectivity index (χ2n) is 7.64. The molecule has 2 heterocycles. The molecule has 8 heteroatoms. The largest absolute Gasteiger partial charge is 0.507 e. The summed E-state index contributed by atoms with van der Waals surface area (Å²) in [4.78, 5) is 43.2. The molecule has 4 rings (SSSR count). The van der Waals surface area contributed by atoms with Crippen molar-refractivity contribution >= 4 is 34.7 Å². The minimum Gasteiger partial charge on any atom is -0.507 e. The van der Waals surface area contributed by atoms with Crippen LogP contribution in [0.1, 0.15) is 31.0 Å². The molecule has 2 aromatic carbocycles. The molecule has 0 saturated carbocycles. The molecule has 34 heavy (non-hydrogen) atoms. The first kappa shape index (κ1) is 22.7. The number of ether oxygens (including phenoxy) is 1. The Morgan fingerprint density at radius 2 is 1.88 bits per heavy atom. The van der Waals surface area contributed by atoms with Gasteiger partial charge in [-0.2, -0.15) is 0 Å². The molecule has 3 aromatic rings. The van der Waals surface area contributed by atoms with E-state index in [1.165, 1.54) is 11.8 Å². The summed E-state index contributed by atoms with van der Waals surface area (Å²) in [6.07, 6.45) is 3.14. The zero-order chi connectivity index (χ0) is 24.2. The van der Waals surface area contributed by atoms with Crippen molar-refractivity contribution in [1.29, 1.82) is 0 Å². The number of aliphatic hydroxyl groups is 1. The number of hydrogen-bond acceptors (Lipinski definition) is 6. The maximum atomic E-state index is 13.2. The number of benzene rings is 2. The first-order chi connectivity index (χ1) is 16.4. The van der Waals surface area contributed by atoms with Crippen molar-refractivity contribution < 1.29 is 24.2 Å². The highest BCUT2D eigenvalue weighted by Crippen LogP contribution is 2.42. The van der Waals surface area contributed by atoms with Crippen LogP contribution in [-0.4, -0.2) is 34.3 Å². The maximum Gasteiger partial charge on any atom is 0.300 e. The van der Waals surface area contributed by atoms with Gasteiger partial charge in [-0.05, 0) is 55.0 Å². The van der Waals surface area contributed by atoms with Gasteiger partial charge in [-0.1, -0.05) is 18.2 Å². The average molecular weight is 457 g/mol. The summed E-state index contributed by atoms with van der Waals surface area (Å²) < 4.78 is 5.51. The van der Waals surface area contributed by atoms with E-state index < -0.39 is 17.7 Å². The Kier molecular flexibility index (Phi) is 6.40. The summed E-state index contributed by atoms with van der Waals surface area (Å²) in [6, 6.07) is 15.8. The molecule has 0 spiro atoms. The highest BCUT2D eigenvalue weighted by molar-refractivity contribution is 6.51. The van der Waals surface area contributed by atoms with Crippen LogP contribution in [0.3, 0.4) is 0 Å². The normalized spacial score (nSPS) is 17.0. The van der Waals surface area contributed by atoms with Crippen LogP contribution < -0.4 is 15.0 Å². The lowest BCUT2D eigenvalue weighted by Crippen LogP contribution is -2.29. The van der Waals surface area contributed by atoms with Gasteiger partial charge in [-0.3, -0.25) is 24.3 Å². The van der Waals surface area contributed by atoms with E-state index in [2.05, 4.69) is 10.3 Å². The minimum absolute atomic E-state index is 0.0439. The maximum absolute atomic E-state index is 13.2. The molecular weight excluding hydrogens is 434 g/mol. The Hall–Kier alpha value is -4.46. The number of pyridine rings is 1. The number of nitrogens with one attached hydrogen (secondary N) is 1. The van der Waals surface area contributed by atoms with Gasteiger partial charge in [0.05, 0.1) is 18.2 Å². The molecule has 1 saturated heterocycles. The van der Waals surface area contributed by atoms with E-state index in [1.807, 2.05) is 6.92 Å². The lowest BCUT2D eigenvalue weighted by molar-refractivity contribution is -0.132. The molecular formula is C26H23N3O5. The van der Waals surface area contributed by atoms with Crippen molar-refractivity contribution in [2.75, 3.05) is 16.8 Å². The molecule has 0 radical (unpaired) electrons. The number of hydrogen-bond donors (Lipinski definition) is 2. The summed E-state index contributed by atoms with van der Waals surface area (Å²) >= 11 is 0. The predicted molar refractivity (Wildman–Crippen MR) is 127 cm³/mol. The van der Waals surface area contributed by atoms with Gasteiger partial charge in [-0.15, -0.1) is 0 Å². The molecule has 1 fully saturated rings. The Labute approximate surface area is 196 Å². The second-order valence-corrected chi connectivity index (χ2v) is 7.64. The van der Waals surface area contributed by atoms with Crippen LogP contribution >= 0.6 is 0 Å². The van der Waals surface area contributed by atoms with Crippen molar-refractivity contribution in [3.63, 3.8) is 0 Å². The topological polar surface area (TPSA) is 109 Å². The third kappa shape index (κ3) is 4.38. The molecule has 1 atom stereocenters. The number of ketones is 1. The number of nitrogens with zero attached hydrogens (tertiary/aromatic N) is 2. The van der Waals surface area contributed by atoms with Crippen LogP contribution in [0.2, 0.25) is 0 Å². The van der Waals surface area contributed by atoms with E-state index in [0.717, 1.165) is 0 Å². The monoisotopic (exact) mass is 457 g/mol. The van der Waals surface area contributed by atoms with Gasteiger partial charge in [0.15, 0.2) is 0 Å². The Morgan fingerprint density at radius 3 is 2.53 bits per heavy atom. The molecule has 1 aromatic heterocycles. The summed E-state index contributed by atoms with van der Waals surface area (Å²) in [6.45, 7) is 3.69. The molecule has 1 aliphatic heterocycles. The Bertz CT molecular complexity index is 1270. The summed E-state index contributed by atoms with van der Waals surface area (Å²) in [5, 5.41) is 13.9. The third-order valence-electron chi connectivity index (χ3n) is 5.33. The van der Waals surface area contributed by atoms with Crippen LogP contribution in [-0.2, 0) is 14.4 Å². The van der Waals surface area contributed by atoms with Crippen LogP contribution in [0, 0.1) is 0 Å². The standard InChI is InChI=1S/C26H23N3O5/c1-3-34-21-8-4-6-17(14-21)24(31)22-23(18-7-5-13-27-15-18)29(26(33)25(22)32)20-11-9-19(10-12-20)28-16(2)30/h4-15,23,31H,3H2,1-2H3,(H,28,30)/b24-22-. The van der Waals surface area contributed by atoms with E-state index in [0.29, 0.717) is 34.9 Å². The van der Waals surface area contributed by atoms with Crippen molar-refractivity contribution in [1.82, 2.24) is 4.98 Å². The number of anilines is 2. The number of Topliss-reactive ketones (excluding diaryl/α,β-unsaturated/α-hetero) is 1. The molecule has 8 nitrogen and oxygen atoms in total. The van der Waals surface area contributed by atoms with E-state index in [9.17, 15) is 19.5 Å². The van der Waals surface area contributed by atoms with Crippen molar-refractivity contribution in [3.05, 3.63) is 89.8 Å². The zero-order valence-electron chi connectivity index (χ0n) is 18.7. The fraction of sp³-hybridized carbons (Fsp3) is 0.154. The Morgan fingerprint density at radius 1 is 1.12 bits per heavy atom. The average Bonchev–Trinajstić information content (AvgIpc) is 3.10. The molecule has 1 aliphatic rings. The van der Waals surface area contributed by atoms with Gasteiger partial charge < -0.3 is 15.2 Å². The van der Waals surface area contributed by atoms with Crippen molar-refractivity contribution in [2.45, 2.75) is 19.9 Å². The molecule has 2 amide bonds. The number of carbonyl (C=O) groups excluding carboxylic acids is 3. The van der Waals surface area contributed by atoms with Crippen LogP contribution in [0.25, 0.3) is 5.76 Å². The third-order valence-corrected chi connectivity index (χ3v) is 5.33. The smallest absolute Gasteiger partial charge is 0.300 e. The van der Waals surface area contributed by atoms with Gasteiger partial charge in [0.25, 0.3) is 11.7 Å². The number of aromatic nitrogens is 1. The molecule has 2 N–H and O–H groups in total. The fourth-order valence-electron chi connectivity index (χ4n) is 3.92.